The van der Waals surface area contributed by atoms with E-state index in [1.54, 1.807) is 0 Å². The van der Waals surface area contributed by atoms with Crippen LogP contribution < -0.4 is 4.90 Å². The Morgan fingerprint density at radius 1 is 0.727 bits per heavy atom. The summed E-state index contributed by atoms with van der Waals surface area (Å²) in [5.74, 6) is 1.87. The Kier molecular flexibility index (Phi) is 7.34. The number of anilines is 1. The maximum atomic E-state index is 2.64. The van der Waals surface area contributed by atoms with Crippen molar-refractivity contribution in [3.8, 4) is 22.3 Å². The fourth-order valence-electron chi connectivity index (χ4n) is 5.06. The number of benzene rings is 3. The third-order valence-corrected chi connectivity index (χ3v) is 7.93. The maximum absolute atomic E-state index is 2.64. The molecule has 2 heteroatoms. The van der Waals surface area contributed by atoms with Gasteiger partial charge >= 0.3 is 0 Å². The second-order valence-electron chi connectivity index (χ2n) is 9.47. The molecule has 4 rings (SSSR count). The Hall–Kier alpha value is -2.45. The Bertz CT molecular complexity index is 1060. The van der Waals surface area contributed by atoms with Crippen LogP contribution in [0.4, 0.5) is 5.69 Å². The third-order valence-electron chi connectivity index (χ3n) is 6.67. The van der Waals surface area contributed by atoms with Crippen LogP contribution >= 0.6 is 11.8 Å². The molecule has 3 aromatic rings. The monoisotopic (exact) mass is 455 g/mol. The molecule has 1 aliphatic heterocycles. The number of rotatable bonds is 7. The normalized spacial score (nSPS) is 14.1. The molecule has 0 fully saturated rings. The molecule has 0 unspecified atom stereocenters. The molecule has 33 heavy (non-hydrogen) atoms. The van der Waals surface area contributed by atoms with E-state index in [4.69, 9.17) is 0 Å². The van der Waals surface area contributed by atoms with Gasteiger partial charge in [0.2, 0.25) is 0 Å². The lowest BCUT2D eigenvalue weighted by atomic mass is 9.81. The minimum absolute atomic E-state index is 0.441. The summed E-state index contributed by atoms with van der Waals surface area (Å²) < 4.78 is 0. The van der Waals surface area contributed by atoms with Crippen LogP contribution in [0.2, 0.25) is 0 Å². The second-order valence-corrected chi connectivity index (χ2v) is 10.5. The molecule has 1 aliphatic rings. The Labute approximate surface area is 204 Å². The highest BCUT2D eigenvalue weighted by Gasteiger charge is 2.31. The molecular formula is C31H37NS. The van der Waals surface area contributed by atoms with Crippen molar-refractivity contribution in [3.05, 3.63) is 88.5 Å². The van der Waals surface area contributed by atoms with Gasteiger partial charge in [-0.25, -0.2) is 0 Å². The first-order chi connectivity index (χ1) is 16.0. The van der Waals surface area contributed by atoms with Crippen molar-refractivity contribution in [2.24, 2.45) is 0 Å². The van der Waals surface area contributed by atoms with Crippen LogP contribution in [-0.2, 0) is 0 Å². The van der Waals surface area contributed by atoms with Crippen LogP contribution in [0.1, 0.15) is 77.3 Å². The van der Waals surface area contributed by atoms with Crippen molar-refractivity contribution in [1.29, 1.82) is 0 Å². The predicted octanol–water partition coefficient (Wildman–Crippen LogP) is 9.81. The standard InChI is InChI=1S/C31H37NS/c1-7-27-28(8-2)33-20-32(27)31-29(23-15-11-9-12-16-23)25(21(3)4)19-26(22(5)6)30(31)24-17-13-10-14-18-24/h9-19,21-22H,7-8,20H2,1-6H3. The summed E-state index contributed by atoms with van der Waals surface area (Å²) in [6.07, 6.45) is 2.16. The van der Waals surface area contributed by atoms with Gasteiger partial charge in [-0.1, -0.05) is 108 Å². The smallest absolute Gasteiger partial charge is 0.0729 e. The fraction of sp³-hybridized carbons (Fsp3) is 0.355. The molecule has 0 radical (unpaired) electrons. The van der Waals surface area contributed by atoms with Gasteiger partial charge in [-0.15, -0.1) is 11.8 Å². The summed E-state index contributed by atoms with van der Waals surface area (Å²) >= 11 is 2.02. The summed E-state index contributed by atoms with van der Waals surface area (Å²) in [5.41, 5.74) is 11.2. The lowest BCUT2D eigenvalue weighted by Gasteiger charge is -2.32. The van der Waals surface area contributed by atoms with E-state index in [9.17, 15) is 0 Å². The molecule has 0 saturated heterocycles. The van der Waals surface area contributed by atoms with Crippen molar-refractivity contribution in [3.63, 3.8) is 0 Å². The molecule has 0 bridgehead atoms. The van der Waals surface area contributed by atoms with Gasteiger partial charge in [0.15, 0.2) is 0 Å². The van der Waals surface area contributed by atoms with Gasteiger partial charge in [-0.05, 0) is 46.9 Å². The van der Waals surface area contributed by atoms with Gasteiger partial charge in [0.1, 0.15) is 0 Å². The van der Waals surface area contributed by atoms with Crippen molar-refractivity contribution in [2.75, 3.05) is 10.8 Å². The Morgan fingerprint density at radius 3 is 1.61 bits per heavy atom. The Balaban J connectivity index is 2.18. The summed E-state index contributed by atoms with van der Waals surface area (Å²) in [6, 6.07) is 24.6. The van der Waals surface area contributed by atoms with Gasteiger partial charge in [-0.3, -0.25) is 0 Å². The summed E-state index contributed by atoms with van der Waals surface area (Å²) in [4.78, 5) is 4.18. The maximum Gasteiger partial charge on any atom is 0.0729 e. The molecule has 0 N–H and O–H groups in total. The van der Waals surface area contributed by atoms with E-state index in [0.29, 0.717) is 11.8 Å². The molecule has 0 saturated carbocycles. The largest absolute Gasteiger partial charge is 0.333 e. The van der Waals surface area contributed by atoms with Gasteiger partial charge in [0, 0.05) is 21.7 Å². The van der Waals surface area contributed by atoms with Crippen molar-refractivity contribution < 1.29 is 0 Å². The van der Waals surface area contributed by atoms with E-state index in [2.05, 4.69) is 113 Å². The zero-order valence-corrected chi connectivity index (χ0v) is 21.8. The molecule has 0 atom stereocenters. The van der Waals surface area contributed by atoms with Crippen molar-refractivity contribution >= 4 is 17.4 Å². The predicted molar refractivity (Wildman–Crippen MR) is 148 cm³/mol. The van der Waals surface area contributed by atoms with Crippen LogP contribution in [0, 0.1) is 0 Å². The van der Waals surface area contributed by atoms with Crippen LogP contribution in [0.3, 0.4) is 0 Å². The molecule has 3 aromatic carbocycles. The number of hydrogen-bond donors (Lipinski definition) is 0. The molecule has 1 nitrogen and oxygen atoms in total. The molecule has 172 valence electrons. The number of thioether (sulfide) groups is 1. The lowest BCUT2D eigenvalue weighted by molar-refractivity contribution is 0.834. The van der Waals surface area contributed by atoms with E-state index in [1.165, 1.54) is 49.7 Å². The summed E-state index contributed by atoms with van der Waals surface area (Å²) in [6.45, 7) is 14.0. The molecular weight excluding hydrogens is 418 g/mol. The summed E-state index contributed by atoms with van der Waals surface area (Å²) in [7, 11) is 0. The highest BCUT2D eigenvalue weighted by Crippen LogP contribution is 2.51. The van der Waals surface area contributed by atoms with Crippen molar-refractivity contribution in [2.45, 2.75) is 66.2 Å². The van der Waals surface area contributed by atoms with Crippen LogP contribution in [0.5, 0.6) is 0 Å². The zero-order valence-electron chi connectivity index (χ0n) is 21.0. The first kappa shape index (κ1) is 23.7. The number of allylic oxidation sites excluding steroid dienone is 2. The fourth-order valence-corrected chi connectivity index (χ4v) is 6.25. The highest BCUT2D eigenvalue weighted by molar-refractivity contribution is 8.03. The Morgan fingerprint density at radius 2 is 1.21 bits per heavy atom. The average molecular weight is 456 g/mol. The highest BCUT2D eigenvalue weighted by atomic mass is 32.2. The molecule has 0 aliphatic carbocycles. The lowest BCUT2D eigenvalue weighted by Crippen LogP contribution is -2.21. The van der Waals surface area contributed by atoms with Gasteiger partial charge < -0.3 is 4.90 Å². The number of nitrogens with zero attached hydrogens (tertiary/aromatic N) is 1. The minimum Gasteiger partial charge on any atom is -0.333 e. The van der Waals surface area contributed by atoms with Crippen LogP contribution in [-0.4, -0.2) is 5.88 Å². The van der Waals surface area contributed by atoms with E-state index < -0.39 is 0 Å². The van der Waals surface area contributed by atoms with E-state index >= 15 is 0 Å². The van der Waals surface area contributed by atoms with E-state index in [1.807, 2.05) is 11.8 Å². The van der Waals surface area contributed by atoms with Gasteiger partial charge in [0.05, 0.1) is 11.6 Å². The number of hydrogen-bond acceptors (Lipinski definition) is 2. The molecule has 0 amide bonds. The first-order valence-electron chi connectivity index (χ1n) is 12.4. The summed E-state index contributed by atoms with van der Waals surface area (Å²) in [5, 5.41) is 0. The van der Waals surface area contributed by atoms with Crippen molar-refractivity contribution in [1.82, 2.24) is 0 Å². The SMILES string of the molecule is CCC1=C(CC)N(c2c(-c3ccccc3)c(C(C)C)cc(C(C)C)c2-c2ccccc2)CS1. The topological polar surface area (TPSA) is 3.24 Å². The van der Waals surface area contributed by atoms with Gasteiger partial charge in [0.25, 0.3) is 0 Å². The van der Waals surface area contributed by atoms with Crippen LogP contribution in [0.15, 0.2) is 77.3 Å². The average Bonchev–Trinajstić information content (AvgIpc) is 3.26. The zero-order chi connectivity index (χ0) is 23.5. The molecule has 1 heterocycles. The quantitative estimate of drug-likeness (QED) is 0.349. The van der Waals surface area contributed by atoms with E-state index in [-0.39, 0.29) is 0 Å². The first-order valence-corrected chi connectivity index (χ1v) is 13.4. The molecule has 0 spiro atoms. The molecule has 0 aromatic heterocycles. The second kappa shape index (κ2) is 10.2. The van der Waals surface area contributed by atoms with Gasteiger partial charge in [-0.2, -0.15) is 0 Å². The minimum atomic E-state index is 0.441. The third kappa shape index (κ3) is 4.51. The van der Waals surface area contributed by atoms with E-state index in [0.717, 1.165) is 18.7 Å². The van der Waals surface area contributed by atoms with Crippen LogP contribution in [0.25, 0.3) is 22.3 Å².